The van der Waals surface area contributed by atoms with E-state index >= 15 is 0 Å². The Hall–Kier alpha value is -0.660. The fourth-order valence-electron chi connectivity index (χ4n) is 2.12. The van der Waals surface area contributed by atoms with Crippen molar-refractivity contribution in [2.24, 2.45) is 5.41 Å². The van der Waals surface area contributed by atoms with Crippen LogP contribution in [0.4, 0.5) is 0 Å². The average molecular weight is 262 g/mol. The quantitative estimate of drug-likeness (QED) is 0.611. The Kier molecular flexibility index (Phi) is 3.42. The fraction of sp³-hybridized carbons (Fsp3) is 0.900. The number of rotatable bonds is 7. The van der Waals surface area contributed by atoms with E-state index in [1.54, 1.807) is 0 Å². The molecule has 2 saturated carbocycles. The van der Waals surface area contributed by atoms with Gasteiger partial charge in [-0.25, -0.2) is 4.72 Å². The monoisotopic (exact) mass is 262 g/mol. The molecule has 0 aliphatic heterocycles. The van der Waals surface area contributed by atoms with Crippen molar-refractivity contribution in [3.8, 4) is 0 Å². The second kappa shape index (κ2) is 4.55. The maximum atomic E-state index is 11.6. The molecule has 0 aromatic heterocycles. The van der Waals surface area contributed by atoms with Gasteiger partial charge in [-0.1, -0.05) is 6.42 Å². The van der Waals surface area contributed by atoms with E-state index in [2.05, 4.69) is 9.44 Å². The predicted octanol–water partition coefficient (Wildman–Crippen LogP) is 0.218. The molecule has 0 unspecified atom stereocenters. The summed E-state index contributed by atoms with van der Waals surface area (Å²) in [7, 11) is -3.46. The number of hydrogen-bond acceptors (Lipinski definition) is 3. The molecule has 98 valence electrons. The van der Waals surface area contributed by atoms with Gasteiger partial charge < -0.3 is 5.11 Å². The van der Waals surface area contributed by atoms with Crippen LogP contribution in [-0.4, -0.2) is 32.1 Å². The fourth-order valence-corrected chi connectivity index (χ4v) is 3.38. The minimum atomic E-state index is -3.46. The summed E-state index contributed by atoms with van der Waals surface area (Å²) in [6.45, 7) is 0.224. The molecule has 2 fully saturated rings. The third-order valence-corrected chi connectivity index (χ3v) is 4.64. The first-order valence-electron chi connectivity index (χ1n) is 5.90. The molecule has 0 atom stereocenters. The zero-order chi connectivity index (χ0) is 12.5. The molecular weight excluding hydrogens is 244 g/mol. The summed E-state index contributed by atoms with van der Waals surface area (Å²) in [6, 6.07) is 0.0734. The first-order valence-corrected chi connectivity index (χ1v) is 7.38. The SMILES string of the molecule is O=C(O)CC1(CNS(=O)(=O)NC2CC2)CCC1. The van der Waals surface area contributed by atoms with Gasteiger partial charge in [0.25, 0.3) is 10.2 Å². The molecule has 0 radical (unpaired) electrons. The molecule has 3 N–H and O–H groups in total. The van der Waals surface area contributed by atoms with E-state index in [9.17, 15) is 13.2 Å². The Bertz CT molecular complexity index is 399. The molecular formula is C10H18N2O4S. The molecule has 0 aromatic rings. The van der Waals surface area contributed by atoms with Gasteiger partial charge in [0.05, 0.1) is 6.42 Å². The van der Waals surface area contributed by atoms with Crippen LogP contribution in [0.1, 0.15) is 38.5 Å². The second-order valence-electron chi connectivity index (χ2n) is 5.14. The maximum absolute atomic E-state index is 11.6. The van der Waals surface area contributed by atoms with Crippen LogP contribution < -0.4 is 9.44 Å². The van der Waals surface area contributed by atoms with Gasteiger partial charge in [0.1, 0.15) is 0 Å². The van der Waals surface area contributed by atoms with E-state index in [-0.39, 0.29) is 24.4 Å². The zero-order valence-corrected chi connectivity index (χ0v) is 10.4. The largest absolute Gasteiger partial charge is 0.481 e. The Labute approximate surface area is 101 Å². The molecule has 17 heavy (non-hydrogen) atoms. The molecule has 0 aromatic carbocycles. The van der Waals surface area contributed by atoms with Crippen LogP contribution in [0.25, 0.3) is 0 Å². The minimum absolute atomic E-state index is 0.0406. The smallest absolute Gasteiger partial charge is 0.303 e. The molecule has 0 saturated heterocycles. The Morgan fingerprint density at radius 3 is 2.41 bits per heavy atom. The summed E-state index contributed by atoms with van der Waals surface area (Å²) < 4.78 is 28.2. The van der Waals surface area contributed by atoms with Gasteiger partial charge in [0.15, 0.2) is 0 Å². The number of carbonyl (C=O) groups is 1. The lowest BCUT2D eigenvalue weighted by atomic mass is 9.67. The van der Waals surface area contributed by atoms with E-state index in [0.717, 1.165) is 32.1 Å². The van der Waals surface area contributed by atoms with Crippen molar-refractivity contribution >= 4 is 16.2 Å². The van der Waals surface area contributed by atoms with Gasteiger partial charge in [-0.15, -0.1) is 0 Å². The van der Waals surface area contributed by atoms with Crippen LogP contribution in [0.3, 0.4) is 0 Å². The summed E-state index contributed by atoms with van der Waals surface area (Å²) in [5.74, 6) is -0.862. The predicted molar refractivity (Wildman–Crippen MR) is 61.6 cm³/mol. The molecule has 6 nitrogen and oxygen atoms in total. The van der Waals surface area contributed by atoms with Crippen LogP contribution in [0.5, 0.6) is 0 Å². The average Bonchev–Trinajstić information content (AvgIpc) is 2.92. The van der Waals surface area contributed by atoms with Gasteiger partial charge in [-0.2, -0.15) is 13.1 Å². The van der Waals surface area contributed by atoms with E-state index < -0.39 is 16.2 Å². The normalized spacial score (nSPS) is 23.1. The van der Waals surface area contributed by atoms with Gasteiger partial charge in [0, 0.05) is 12.6 Å². The lowest BCUT2D eigenvalue weighted by Gasteiger charge is -2.40. The van der Waals surface area contributed by atoms with Crippen molar-refractivity contribution in [3.63, 3.8) is 0 Å². The lowest BCUT2D eigenvalue weighted by Crippen LogP contribution is -2.47. The van der Waals surface area contributed by atoms with E-state index in [1.165, 1.54) is 0 Å². The third-order valence-electron chi connectivity index (χ3n) is 3.48. The van der Waals surface area contributed by atoms with Crippen molar-refractivity contribution in [3.05, 3.63) is 0 Å². The zero-order valence-electron chi connectivity index (χ0n) is 9.61. The highest BCUT2D eigenvalue weighted by Gasteiger charge is 2.40. The highest BCUT2D eigenvalue weighted by atomic mass is 32.2. The summed E-state index contributed by atoms with van der Waals surface area (Å²) in [5.41, 5.74) is -0.371. The van der Waals surface area contributed by atoms with Crippen LogP contribution in [0.15, 0.2) is 0 Å². The van der Waals surface area contributed by atoms with E-state index in [0.29, 0.717) is 0 Å². The Balaban J connectivity index is 1.84. The lowest BCUT2D eigenvalue weighted by molar-refractivity contribution is -0.141. The van der Waals surface area contributed by atoms with Crippen molar-refractivity contribution in [1.29, 1.82) is 0 Å². The van der Waals surface area contributed by atoms with Gasteiger partial charge >= 0.3 is 5.97 Å². The maximum Gasteiger partial charge on any atom is 0.303 e. The first-order chi connectivity index (χ1) is 7.91. The number of hydrogen-bond donors (Lipinski definition) is 3. The van der Waals surface area contributed by atoms with Gasteiger partial charge in [0.2, 0.25) is 0 Å². The van der Waals surface area contributed by atoms with E-state index in [4.69, 9.17) is 5.11 Å². The van der Waals surface area contributed by atoms with Gasteiger partial charge in [-0.3, -0.25) is 4.79 Å². The summed E-state index contributed by atoms with van der Waals surface area (Å²) in [6.07, 6.45) is 4.36. The summed E-state index contributed by atoms with van der Waals surface area (Å²) in [4.78, 5) is 10.7. The van der Waals surface area contributed by atoms with Crippen molar-refractivity contribution in [2.75, 3.05) is 6.54 Å². The van der Waals surface area contributed by atoms with Crippen LogP contribution in [0, 0.1) is 5.41 Å². The summed E-state index contributed by atoms with van der Waals surface area (Å²) in [5, 5.41) is 8.81. The minimum Gasteiger partial charge on any atom is -0.481 e. The standard InChI is InChI=1S/C10H18N2O4S/c13-9(14)6-10(4-1-5-10)7-11-17(15,16)12-8-2-3-8/h8,11-12H,1-7H2,(H,13,14). The highest BCUT2D eigenvalue weighted by Crippen LogP contribution is 2.43. The molecule has 2 aliphatic carbocycles. The Morgan fingerprint density at radius 2 is 2.00 bits per heavy atom. The molecule has 0 heterocycles. The van der Waals surface area contributed by atoms with E-state index in [1.807, 2.05) is 0 Å². The highest BCUT2D eigenvalue weighted by molar-refractivity contribution is 7.87. The molecule has 0 spiro atoms. The molecule has 2 rings (SSSR count). The molecule has 0 bridgehead atoms. The third kappa shape index (κ3) is 3.65. The number of carboxylic acid groups (broad SMARTS) is 1. The van der Waals surface area contributed by atoms with Crippen molar-refractivity contribution < 1.29 is 18.3 Å². The van der Waals surface area contributed by atoms with Crippen LogP contribution in [0.2, 0.25) is 0 Å². The van der Waals surface area contributed by atoms with Crippen molar-refractivity contribution in [1.82, 2.24) is 9.44 Å². The number of nitrogens with one attached hydrogen (secondary N) is 2. The summed E-state index contributed by atoms with van der Waals surface area (Å²) >= 11 is 0. The second-order valence-corrected chi connectivity index (χ2v) is 6.67. The number of aliphatic carboxylic acids is 1. The van der Waals surface area contributed by atoms with Crippen LogP contribution in [-0.2, 0) is 15.0 Å². The number of carboxylic acids is 1. The Morgan fingerprint density at radius 1 is 1.35 bits per heavy atom. The molecule has 2 aliphatic rings. The van der Waals surface area contributed by atoms with Crippen LogP contribution >= 0.6 is 0 Å². The topological polar surface area (TPSA) is 95.5 Å². The van der Waals surface area contributed by atoms with Gasteiger partial charge in [-0.05, 0) is 31.1 Å². The molecule has 0 amide bonds. The molecule has 7 heteroatoms. The first kappa shape index (κ1) is 12.8. The van der Waals surface area contributed by atoms with Crippen molar-refractivity contribution in [2.45, 2.75) is 44.6 Å².